The number of hydrogen-bond acceptors (Lipinski definition) is 4. The fourth-order valence-electron chi connectivity index (χ4n) is 1.48. The highest BCUT2D eigenvalue weighted by molar-refractivity contribution is 7.89. The maximum absolute atomic E-state index is 12.0. The Balaban J connectivity index is 2.84. The first-order valence-corrected chi connectivity index (χ1v) is 7.19. The number of benzene rings is 1. The van der Waals surface area contributed by atoms with E-state index < -0.39 is 10.0 Å². The monoisotopic (exact) mass is 283 g/mol. The van der Waals surface area contributed by atoms with Crippen LogP contribution in [0.1, 0.15) is 12.5 Å². The number of ether oxygens (including phenoxy) is 1. The summed E-state index contributed by atoms with van der Waals surface area (Å²) in [6, 6.07) is 5.84. The quantitative estimate of drug-likeness (QED) is 0.764. The predicted molar refractivity (Wildman–Crippen MR) is 72.1 cm³/mol. The van der Waals surface area contributed by atoms with Gasteiger partial charge in [0, 0.05) is 18.7 Å². The Labute approximate surface area is 113 Å². The molecule has 1 atom stereocenters. The third-order valence-electron chi connectivity index (χ3n) is 2.25. The number of nitrogens with one attached hydrogen (secondary N) is 1. The zero-order chi connectivity index (χ0) is 14.3. The topological polar surface area (TPSA) is 75.6 Å². The Morgan fingerprint density at radius 1 is 1.37 bits per heavy atom. The van der Waals surface area contributed by atoms with E-state index in [-0.39, 0.29) is 17.5 Å². The van der Waals surface area contributed by atoms with Gasteiger partial charge in [0.2, 0.25) is 10.0 Å². The van der Waals surface area contributed by atoms with Crippen LogP contribution in [-0.2, 0) is 14.8 Å². The minimum atomic E-state index is -3.55. The molecule has 1 aromatic rings. The van der Waals surface area contributed by atoms with Crippen molar-refractivity contribution in [3.63, 3.8) is 0 Å². The lowest BCUT2D eigenvalue weighted by molar-refractivity contribution is 0.180. The molecule has 0 aliphatic carbocycles. The summed E-state index contributed by atoms with van der Waals surface area (Å²) in [4.78, 5) is 0.171. The van der Waals surface area contributed by atoms with Crippen LogP contribution in [0.25, 0.3) is 0 Å². The molecule has 1 rings (SSSR count). The number of rotatable bonds is 5. The largest absolute Gasteiger partial charge is 0.384 e. The normalized spacial score (nSPS) is 12.6. The van der Waals surface area contributed by atoms with Gasteiger partial charge in [-0.3, -0.25) is 0 Å². The molecule has 104 valence electrons. The van der Waals surface area contributed by atoms with Crippen LogP contribution < -0.4 is 4.72 Å². The zero-order valence-corrected chi connectivity index (χ0v) is 11.7. The first-order valence-electron chi connectivity index (χ1n) is 5.70. The average molecular weight is 283 g/mol. The SMILES string of the molecule is COCC(C)NS(=O)(=O)c1ccc(C#CCO)cc1. The molecule has 0 saturated carbocycles. The van der Waals surface area contributed by atoms with Gasteiger partial charge in [-0.25, -0.2) is 13.1 Å². The molecule has 0 aromatic heterocycles. The van der Waals surface area contributed by atoms with Crippen molar-refractivity contribution >= 4 is 10.0 Å². The van der Waals surface area contributed by atoms with E-state index in [0.29, 0.717) is 12.2 Å². The Morgan fingerprint density at radius 3 is 2.53 bits per heavy atom. The second-order valence-corrected chi connectivity index (χ2v) is 5.68. The number of aliphatic hydroxyl groups excluding tert-OH is 1. The summed E-state index contributed by atoms with van der Waals surface area (Å²) in [6.07, 6.45) is 0. The lowest BCUT2D eigenvalue weighted by Gasteiger charge is -2.13. The highest BCUT2D eigenvalue weighted by Gasteiger charge is 2.16. The van der Waals surface area contributed by atoms with E-state index in [2.05, 4.69) is 16.6 Å². The van der Waals surface area contributed by atoms with E-state index in [0.717, 1.165) is 0 Å². The first kappa shape index (κ1) is 15.7. The third-order valence-corrected chi connectivity index (χ3v) is 3.85. The van der Waals surface area contributed by atoms with Gasteiger partial charge in [-0.2, -0.15) is 0 Å². The number of aliphatic hydroxyl groups is 1. The van der Waals surface area contributed by atoms with Gasteiger partial charge in [0.1, 0.15) is 6.61 Å². The molecule has 0 heterocycles. The van der Waals surface area contributed by atoms with Gasteiger partial charge in [-0.05, 0) is 31.2 Å². The van der Waals surface area contributed by atoms with Crippen LogP contribution in [0.3, 0.4) is 0 Å². The Bertz CT molecular complexity index is 555. The standard InChI is InChI=1S/C13H17NO4S/c1-11(10-18-2)14-19(16,17)13-7-5-12(6-8-13)4-3-9-15/h5-8,11,14-15H,9-10H2,1-2H3. The van der Waals surface area contributed by atoms with Crippen LogP contribution in [0.15, 0.2) is 29.2 Å². The van der Waals surface area contributed by atoms with Crippen LogP contribution in [0, 0.1) is 11.8 Å². The molecule has 0 radical (unpaired) electrons. The van der Waals surface area contributed by atoms with Gasteiger partial charge in [0.05, 0.1) is 11.5 Å². The second kappa shape index (κ2) is 7.26. The zero-order valence-electron chi connectivity index (χ0n) is 10.9. The molecule has 0 saturated heterocycles. The third kappa shape index (κ3) is 5.01. The highest BCUT2D eigenvalue weighted by atomic mass is 32.2. The van der Waals surface area contributed by atoms with Crippen LogP contribution in [0.5, 0.6) is 0 Å². The summed E-state index contributed by atoms with van der Waals surface area (Å²) in [6.45, 7) is 1.80. The highest BCUT2D eigenvalue weighted by Crippen LogP contribution is 2.10. The van der Waals surface area contributed by atoms with E-state index in [9.17, 15) is 8.42 Å². The molecular formula is C13H17NO4S. The Hall–Kier alpha value is -1.39. The van der Waals surface area contributed by atoms with Gasteiger partial charge in [-0.15, -0.1) is 0 Å². The van der Waals surface area contributed by atoms with Crippen LogP contribution >= 0.6 is 0 Å². The van der Waals surface area contributed by atoms with Crippen molar-refractivity contribution in [2.45, 2.75) is 17.9 Å². The second-order valence-electron chi connectivity index (χ2n) is 3.96. The first-order chi connectivity index (χ1) is 8.99. The summed E-state index contributed by atoms with van der Waals surface area (Å²) in [5.41, 5.74) is 0.651. The van der Waals surface area contributed by atoms with Gasteiger partial charge in [0.15, 0.2) is 0 Å². The molecule has 1 aromatic carbocycles. The Kier molecular flexibility index (Phi) is 5.99. The number of methoxy groups -OCH3 is 1. The molecule has 19 heavy (non-hydrogen) atoms. The van der Waals surface area contributed by atoms with Crippen molar-refractivity contribution < 1.29 is 18.3 Å². The summed E-state index contributed by atoms with van der Waals surface area (Å²) in [5.74, 6) is 5.19. The van der Waals surface area contributed by atoms with E-state index in [1.165, 1.54) is 19.2 Å². The summed E-state index contributed by atoms with van der Waals surface area (Å²) in [7, 11) is -2.03. The molecule has 0 aliphatic heterocycles. The minimum absolute atomic E-state index is 0.171. The van der Waals surface area contributed by atoms with Gasteiger partial charge in [0.25, 0.3) is 0 Å². The van der Waals surface area contributed by atoms with Crippen LogP contribution in [0.2, 0.25) is 0 Å². The lowest BCUT2D eigenvalue weighted by atomic mass is 10.2. The molecule has 0 spiro atoms. The number of hydrogen-bond donors (Lipinski definition) is 2. The lowest BCUT2D eigenvalue weighted by Crippen LogP contribution is -2.35. The smallest absolute Gasteiger partial charge is 0.240 e. The molecule has 2 N–H and O–H groups in total. The average Bonchev–Trinajstić information content (AvgIpc) is 2.36. The molecule has 5 nitrogen and oxygen atoms in total. The maximum Gasteiger partial charge on any atom is 0.240 e. The Morgan fingerprint density at radius 2 is 2.00 bits per heavy atom. The molecular weight excluding hydrogens is 266 g/mol. The summed E-state index contributed by atoms with van der Waals surface area (Å²) < 4.78 is 31.4. The molecule has 0 amide bonds. The number of sulfonamides is 1. The van der Waals surface area contributed by atoms with Crippen molar-refractivity contribution in [1.82, 2.24) is 4.72 Å². The van der Waals surface area contributed by atoms with Crippen molar-refractivity contribution in [1.29, 1.82) is 0 Å². The summed E-state index contributed by atoms with van der Waals surface area (Å²) in [5, 5.41) is 8.57. The predicted octanol–water partition coefficient (Wildman–Crippen LogP) is 0.344. The van der Waals surface area contributed by atoms with Crippen molar-refractivity contribution in [2.75, 3.05) is 20.3 Å². The molecule has 6 heteroatoms. The van der Waals surface area contributed by atoms with Crippen molar-refractivity contribution in [2.24, 2.45) is 0 Å². The molecule has 0 bridgehead atoms. The molecule has 1 unspecified atom stereocenters. The fourth-order valence-corrected chi connectivity index (χ4v) is 2.70. The van der Waals surface area contributed by atoms with E-state index >= 15 is 0 Å². The fraction of sp³-hybridized carbons (Fsp3) is 0.385. The minimum Gasteiger partial charge on any atom is -0.384 e. The summed E-state index contributed by atoms with van der Waals surface area (Å²) >= 11 is 0. The van der Waals surface area contributed by atoms with E-state index in [4.69, 9.17) is 9.84 Å². The van der Waals surface area contributed by atoms with E-state index in [1.807, 2.05) is 0 Å². The van der Waals surface area contributed by atoms with Crippen molar-refractivity contribution in [3.05, 3.63) is 29.8 Å². The van der Waals surface area contributed by atoms with Gasteiger partial charge < -0.3 is 9.84 Å². The molecule has 0 fully saturated rings. The molecule has 0 aliphatic rings. The van der Waals surface area contributed by atoms with Gasteiger partial charge >= 0.3 is 0 Å². The van der Waals surface area contributed by atoms with Gasteiger partial charge in [-0.1, -0.05) is 11.8 Å². The maximum atomic E-state index is 12.0. The van der Waals surface area contributed by atoms with Crippen LogP contribution in [0.4, 0.5) is 0 Å². The van der Waals surface area contributed by atoms with Crippen LogP contribution in [-0.4, -0.2) is 39.9 Å². The van der Waals surface area contributed by atoms with E-state index in [1.54, 1.807) is 19.1 Å². The van der Waals surface area contributed by atoms with Crippen molar-refractivity contribution in [3.8, 4) is 11.8 Å².